The van der Waals surface area contributed by atoms with Crippen molar-refractivity contribution in [1.82, 2.24) is 9.55 Å². The van der Waals surface area contributed by atoms with Crippen molar-refractivity contribution >= 4 is 25.1 Å². The first kappa shape index (κ1) is 25.9. The van der Waals surface area contributed by atoms with E-state index in [2.05, 4.69) is 0 Å². The molecule has 13 heteroatoms. The third kappa shape index (κ3) is 6.32. The van der Waals surface area contributed by atoms with Crippen LogP contribution in [0, 0.1) is 5.41 Å². The highest BCUT2D eigenvalue weighted by Gasteiger charge is 2.54. The van der Waals surface area contributed by atoms with Crippen LogP contribution in [-0.2, 0) is 23.1 Å². The summed E-state index contributed by atoms with van der Waals surface area (Å²) >= 11 is 1.09. The molecule has 1 saturated heterocycles. The summed E-state index contributed by atoms with van der Waals surface area (Å²) in [5.41, 5.74) is -3.71. The highest BCUT2D eigenvalue weighted by molar-refractivity contribution is 8.13. The summed E-state index contributed by atoms with van der Waals surface area (Å²) in [5.74, 6) is 0.306. The summed E-state index contributed by atoms with van der Waals surface area (Å²) in [6.07, 6.45) is -2.09. The van der Waals surface area contributed by atoms with Crippen LogP contribution in [0.15, 0.2) is 21.9 Å². The lowest BCUT2D eigenvalue weighted by Gasteiger charge is -2.25. The van der Waals surface area contributed by atoms with E-state index in [-0.39, 0.29) is 18.3 Å². The number of aliphatic hydroxyl groups is 2. The van der Waals surface area contributed by atoms with Crippen molar-refractivity contribution < 1.29 is 33.4 Å². The maximum atomic E-state index is 12.0. The molecule has 2 rings (SSSR count). The molecule has 1 aliphatic rings. The molecule has 0 aliphatic carbocycles. The Hall–Kier alpha value is -1.40. The molecule has 174 valence electrons. The van der Waals surface area contributed by atoms with Gasteiger partial charge in [0.2, 0.25) is 0 Å². The van der Waals surface area contributed by atoms with Crippen LogP contribution in [-0.4, -0.2) is 61.7 Å². The van der Waals surface area contributed by atoms with Crippen molar-refractivity contribution in [3.8, 4) is 0 Å². The van der Waals surface area contributed by atoms with Gasteiger partial charge in [0.1, 0.15) is 31.0 Å². The van der Waals surface area contributed by atoms with E-state index < -0.39 is 49.0 Å². The molecule has 1 aromatic rings. The Balaban J connectivity index is 1.86. The maximum absolute atomic E-state index is 12.0. The normalized spacial score (nSPS) is 26.8. The number of hydrogen-bond donors (Lipinski definition) is 3. The van der Waals surface area contributed by atoms with E-state index in [0.29, 0.717) is 12.2 Å². The molecular weight excluding hydrogens is 451 g/mol. The van der Waals surface area contributed by atoms with Gasteiger partial charge in [-0.3, -0.25) is 19.1 Å². The number of carbonyl (C=O) groups excluding carboxylic acids is 1. The fourth-order valence-electron chi connectivity index (χ4n) is 2.66. The number of H-pyrrole nitrogens is 1. The minimum atomic E-state index is -2.56. The molecule has 31 heavy (non-hydrogen) atoms. The lowest BCUT2D eigenvalue weighted by atomic mass is 9.92. The van der Waals surface area contributed by atoms with Gasteiger partial charge in [-0.1, -0.05) is 32.5 Å². The van der Waals surface area contributed by atoms with Crippen LogP contribution in [0.3, 0.4) is 0 Å². The maximum Gasteiger partial charge on any atom is 0.697 e. The van der Waals surface area contributed by atoms with Crippen LogP contribution in [0.25, 0.3) is 0 Å². The zero-order chi connectivity index (χ0) is 23.4. The quantitative estimate of drug-likeness (QED) is 0.326. The predicted molar refractivity (Wildman–Crippen MR) is 113 cm³/mol. The second-order valence-corrected chi connectivity index (χ2v) is 9.96. The SMILES string of the molecule is CCC(C)(C)C(=O)SCCO[P+](=O)OC[C@H]1O[C@@H](n2ccc(=O)[nH]c2=O)C(O)[C@@]1(C)O. The molecule has 1 aliphatic heterocycles. The number of nitrogens with one attached hydrogen (secondary N) is 1. The first-order valence-electron chi connectivity index (χ1n) is 9.68. The minimum Gasteiger partial charge on any atom is -0.385 e. The molecule has 0 bridgehead atoms. The lowest BCUT2D eigenvalue weighted by Crippen LogP contribution is -2.47. The molecule has 0 saturated carbocycles. The predicted octanol–water partition coefficient (Wildman–Crippen LogP) is 0.932. The number of hydrogen-bond acceptors (Lipinski definition) is 10. The van der Waals surface area contributed by atoms with Crippen molar-refractivity contribution in [1.29, 1.82) is 0 Å². The van der Waals surface area contributed by atoms with Crippen LogP contribution >= 0.6 is 20.0 Å². The van der Waals surface area contributed by atoms with Gasteiger partial charge in [0.05, 0.1) is 0 Å². The van der Waals surface area contributed by atoms with Gasteiger partial charge in [0.15, 0.2) is 11.3 Å². The Bertz CT molecular complexity index is 914. The topological polar surface area (TPSA) is 157 Å². The number of nitrogens with zero attached hydrogens (tertiary/aromatic N) is 1. The van der Waals surface area contributed by atoms with Gasteiger partial charge < -0.3 is 14.9 Å². The third-order valence-electron chi connectivity index (χ3n) is 5.23. The number of rotatable bonds is 10. The molecule has 2 unspecified atom stereocenters. The molecule has 0 spiro atoms. The van der Waals surface area contributed by atoms with Crippen LogP contribution < -0.4 is 11.2 Å². The van der Waals surface area contributed by atoms with E-state index in [1.165, 1.54) is 6.92 Å². The van der Waals surface area contributed by atoms with Crippen LogP contribution in [0.4, 0.5) is 0 Å². The number of aromatic amines is 1. The Morgan fingerprint density at radius 1 is 1.42 bits per heavy atom. The number of ether oxygens (including phenoxy) is 1. The summed E-state index contributed by atoms with van der Waals surface area (Å²) in [4.78, 5) is 37.2. The van der Waals surface area contributed by atoms with E-state index in [1.54, 1.807) is 0 Å². The molecule has 1 fully saturated rings. The molecule has 2 heterocycles. The Kier molecular flexibility index (Phi) is 8.74. The van der Waals surface area contributed by atoms with Gasteiger partial charge in [-0.2, -0.15) is 0 Å². The van der Waals surface area contributed by atoms with Crippen LogP contribution in [0.1, 0.15) is 40.3 Å². The Labute approximate surface area is 184 Å². The number of carbonyl (C=O) groups is 1. The molecule has 5 atom stereocenters. The van der Waals surface area contributed by atoms with E-state index in [9.17, 15) is 29.2 Å². The van der Waals surface area contributed by atoms with E-state index in [1.807, 2.05) is 25.8 Å². The summed E-state index contributed by atoms with van der Waals surface area (Å²) in [5, 5.41) is 21.0. The van der Waals surface area contributed by atoms with Gasteiger partial charge in [0.25, 0.3) is 5.56 Å². The van der Waals surface area contributed by atoms with E-state index >= 15 is 0 Å². The van der Waals surface area contributed by atoms with Gasteiger partial charge in [-0.05, 0) is 13.3 Å². The second kappa shape index (κ2) is 10.5. The van der Waals surface area contributed by atoms with Crippen LogP contribution in [0.5, 0.6) is 0 Å². The molecule has 3 N–H and O–H groups in total. The Morgan fingerprint density at radius 3 is 2.71 bits per heavy atom. The average molecular weight is 479 g/mol. The van der Waals surface area contributed by atoms with Crippen LogP contribution in [0.2, 0.25) is 0 Å². The summed E-state index contributed by atoms with van der Waals surface area (Å²) in [6.45, 7) is 6.54. The third-order valence-corrected chi connectivity index (χ3v) is 7.17. The van der Waals surface area contributed by atoms with Gasteiger partial charge >= 0.3 is 13.9 Å². The van der Waals surface area contributed by atoms with Crippen molar-refractivity contribution in [3.05, 3.63) is 33.1 Å². The summed E-state index contributed by atoms with van der Waals surface area (Å²) < 4.78 is 28.6. The fourth-order valence-corrected chi connectivity index (χ4v) is 4.25. The van der Waals surface area contributed by atoms with E-state index in [4.69, 9.17) is 13.8 Å². The molecule has 11 nitrogen and oxygen atoms in total. The van der Waals surface area contributed by atoms with Crippen molar-refractivity contribution in [2.75, 3.05) is 19.0 Å². The zero-order valence-corrected chi connectivity index (χ0v) is 19.5. The first-order chi connectivity index (χ1) is 14.4. The minimum absolute atomic E-state index is 0.0164. The van der Waals surface area contributed by atoms with Gasteiger partial charge in [0, 0.05) is 28.0 Å². The molecule has 0 amide bonds. The molecule has 0 aromatic carbocycles. The molecule has 1 aromatic heterocycles. The van der Waals surface area contributed by atoms with Crippen molar-refractivity contribution in [2.24, 2.45) is 5.41 Å². The van der Waals surface area contributed by atoms with Crippen molar-refractivity contribution in [3.63, 3.8) is 0 Å². The number of aromatic nitrogens is 2. The summed E-state index contributed by atoms with van der Waals surface area (Å²) in [7, 11) is -2.56. The standard InChI is InChI=1S/C18H27N2O9PS/c1-5-17(2,3)15(23)31-9-8-27-30(26)28-10-11-18(4,25)13(22)14(29-11)20-7-6-12(21)19-16(20)24/h6-7,11,13-14,22,25H,5,8-10H2,1-4H3/p+1/t11-,13?,14-,18+/m1/s1. The monoisotopic (exact) mass is 479 g/mol. The smallest absolute Gasteiger partial charge is 0.385 e. The lowest BCUT2D eigenvalue weighted by molar-refractivity contribution is -0.118. The van der Waals surface area contributed by atoms with E-state index in [0.717, 1.165) is 28.6 Å². The Morgan fingerprint density at radius 2 is 2.10 bits per heavy atom. The first-order valence-corrected chi connectivity index (χ1v) is 11.8. The average Bonchev–Trinajstić information content (AvgIpc) is 2.92. The highest BCUT2D eigenvalue weighted by atomic mass is 32.2. The van der Waals surface area contributed by atoms with Gasteiger partial charge in [-0.25, -0.2) is 4.79 Å². The number of aliphatic hydroxyl groups excluding tert-OH is 1. The highest BCUT2D eigenvalue weighted by Crippen LogP contribution is 2.38. The number of thioether (sulfide) groups is 1. The largest absolute Gasteiger partial charge is 0.697 e. The molecular formula is C18H28N2O9PS+. The summed E-state index contributed by atoms with van der Waals surface area (Å²) in [6, 6.07) is 1.07. The second-order valence-electron chi connectivity index (χ2n) is 7.93. The van der Waals surface area contributed by atoms with Gasteiger partial charge in [-0.15, -0.1) is 9.05 Å². The fraction of sp³-hybridized carbons (Fsp3) is 0.722. The van der Waals surface area contributed by atoms with Crippen molar-refractivity contribution in [2.45, 2.75) is 58.2 Å². The molecule has 0 radical (unpaired) electrons. The zero-order valence-electron chi connectivity index (χ0n) is 17.8.